The maximum absolute atomic E-state index is 6.37. The molecule has 0 saturated carbocycles. The Labute approximate surface area is 463 Å². The van der Waals surface area contributed by atoms with Crippen LogP contribution < -0.4 is 0 Å². The molecule has 0 spiro atoms. The third kappa shape index (κ3) is 11.2. The van der Waals surface area contributed by atoms with E-state index in [0.29, 0.717) is 0 Å². The molecule has 1 heterocycles. The summed E-state index contributed by atoms with van der Waals surface area (Å²) in [6.07, 6.45) is 24.2. The lowest BCUT2D eigenvalue weighted by Crippen LogP contribution is -2.26. The van der Waals surface area contributed by atoms with Crippen LogP contribution in [-0.2, 0) is 6.54 Å². The van der Waals surface area contributed by atoms with Crippen LogP contribution in [0, 0.1) is 20.3 Å². The number of allylic oxidation sites excluding steroid dienone is 10. The lowest BCUT2D eigenvalue weighted by molar-refractivity contribution is 0.265. The van der Waals surface area contributed by atoms with E-state index in [1.807, 2.05) is 38.1 Å². The van der Waals surface area contributed by atoms with Gasteiger partial charge in [0, 0.05) is 23.9 Å². The van der Waals surface area contributed by atoms with Crippen LogP contribution in [-0.4, -0.2) is 11.9 Å². The van der Waals surface area contributed by atoms with E-state index in [4.69, 9.17) is 11.0 Å². The third-order valence-corrected chi connectivity index (χ3v) is 15.1. The fourth-order valence-electron chi connectivity index (χ4n) is 11.2. The summed E-state index contributed by atoms with van der Waals surface area (Å²) in [5.41, 5.74) is 26.1. The Balaban J connectivity index is 0.00000340. The topological polar surface area (TPSA) is 16.4 Å². The number of nitrogens with zero attached hydrogens (tertiary/aromatic N) is 1. The van der Waals surface area contributed by atoms with Crippen molar-refractivity contribution >= 4 is 45.9 Å². The first-order valence-electron chi connectivity index (χ1n) is 27.4. The van der Waals surface area contributed by atoms with E-state index in [1.54, 1.807) is 0 Å². The van der Waals surface area contributed by atoms with Crippen LogP contribution in [0.15, 0.2) is 248 Å². The molecule has 0 saturated heterocycles. The van der Waals surface area contributed by atoms with Crippen molar-refractivity contribution in [1.82, 2.24) is 4.90 Å². The Morgan fingerprint density at radius 1 is 0.577 bits per heavy atom. The molecule has 11 rings (SSSR count). The highest BCUT2D eigenvalue weighted by Gasteiger charge is 2.23. The first-order chi connectivity index (χ1) is 38.2. The summed E-state index contributed by atoms with van der Waals surface area (Å²) in [5, 5.41) is 1.06. The minimum atomic E-state index is 0.00658. The van der Waals surface area contributed by atoms with E-state index in [1.165, 1.54) is 77.9 Å². The van der Waals surface area contributed by atoms with Crippen LogP contribution in [0.4, 0.5) is 0 Å². The van der Waals surface area contributed by atoms with Gasteiger partial charge in [0.25, 0.3) is 0 Å². The molecular formula is C76H68NO. The number of fused-ring (bicyclic) bond motifs is 1. The molecule has 78 heavy (non-hydrogen) atoms. The standard InChI is InChI=1S/C74H62NO.C2H6/c1-7-55(44-52(5)74(60-24-10-9-11-25-60)75(6)49-54-33-40-66(51(4)43-54)69-30-17-16-29-67(69)58-22-13-14-23-58)56-35-37-57(38-36-56)62-45-53(34-42-73-64(8-2)70-31-18-19-32-72(70)76-73)46-63(47-62)61-39-41-68(59-26-20-27-59)71(48-61)65-28-15-12-21-50(65)3;1-2/h7-43,45-48,74H,2,5,44,49H2,1,3-4,6H3;1-2H3/b42-34-,55-7+;. The zero-order valence-electron chi connectivity index (χ0n) is 45.9. The molecule has 2 heteroatoms. The van der Waals surface area contributed by atoms with Gasteiger partial charge >= 0.3 is 0 Å². The molecule has 0 aliphatic heterocycles. The minimum absolute atomic E-state index is 0.00658. The van der Waals surface area contributed by atoms with Crippen molar-refractivity contribution in [1.29, 1.82) is 0 Å². The zero-order chi connectivity index (χ0) is 54.1. The van der Waals surface area contributed by atoms with Crippen LogP contribution in [0.25, 0.3) is 90.4 Å². The van der Waals surface area contributed by atoms with Gasteiger partial charge in [0.2, 0.25) is 0 Å². The summed E-state index contributed by atoms with van der Waals surface area (Å²) in [4.78, 5) is 2.45. The quantitative estimate of drug-likeness (QED) is 0.0845. The van der Waals surface area contributed by atoms with Gasteiger partial charge in [-0.3, -0.25) is 4.90 Å². The molecule has 2 aliphatic rings. The maximum atomic E-state index is 6.37. The molecule has 0 amide bonds. The Morgan fingerprint density at radius 3 is 1.92 bits per heavy atom. The number of hydrogen-bond donors (Lipinski definition) is 0. The first kappa shape index (κ1) is 52.6. The van der Waals surface area contributed by atoms with E-state index in [0.717, 1.165) is 68.6 Å². The average molecular weight is 1010 g/mol. The normalized spacial score (nSPS) is 13.3. The lowest BCUT2D eigenvalue weighted by Gasteiger charge is -2.31. The lowest BCUT2D eigenvalue weighted by atomic mass is 9.86. The van der Waals surface area contributed by atoms with Gasteiger partial charge < -0.3 is 4.42 Å². The monoisotopic (exact) mass is 1010 g/mol. The van der Waals surface area contributed by atoms with Crippen LogP contribution >= 0.6 is 0 Å². The third-order valence-electron chi connectivity index (χ3n) is 15.1. The predicted molar refractivity (Wildman–Crippen MR) is 337 cm³/mol. The fraction of sp³-hybridized carbons (Fsp3) is 0.118. The van der Waals surface area contributed by atoms with Crippen molar-refractivity contribution in [3.63, 3.8) is 0 Å². The maximum Gasteiger partial charge on any atom is 0.135 e. The molecule has 2 nitrogen and oxygen atoms in total. The highest BCUT2D eigenvalue weighted by atomic mass is 16.3. The second-order valence-electron chi connectivity index (χ2n) is 20.1. The smallest absolute Gasteiger partial charge is 0.135 e. The van der Waals surface area contributed by atoms with Crippen LogP contribution in [0.5, 0.6) is 0 Å². The van der Waals surface area contributed by atoms with Crippen LogP contribution in [0.2, 0.25) is 0 Å². The van der Waals surface area contributed by atoms with Gasteiger partial charge in [0.1, 0.15) is 11.3 Å². The van der Waals surface area contributed by atoms with Gasteiger partial charge in [-0.1, -0.05) is 239 Å². The summed E-state index contributed by atoms with van der Waals surface area (Å²) < 4.78 is 6.37. The molecule has 0 N–H and O–H groups in total. The Morgan fingerprint density at radius 2 is 1.23 bits per heavy atom. The largest absolute Gasteiger partial charge is 0.456 e. The average Bonchev–Trinajstić information content (AvgIpc) is 4.21. The van der Waals surface area contributed by atoms with Crippen molar-refractivity contribution in [2.75, 3.05) is 7.05 Å². The van der Waals surface area contributed by atoms with Crippen molar-refractivity contribution < 1.29 is 4.42 Å². The van der Waals surface area contributed by atoms with E-state index in [9.17, 15) is 0 Å². The van der Waals surface area contributed by atoms with E-state index in [-0.39, 0.29) is 6.04 Å². The summed E-state index contributed by atoms with van der Waals surface area (Å²) in [5.74, 6) is 0.789. The van der Waals surface area contributed by atoms with E-state index < -0.39 is 0 Å². The molecule has 0 bridgehead atoms. The highest BCUT2D eigenvalue weighted by Crippen LogP contribution is 2.41. The van der Waals surface area contributed by atoms with Crippen molar-refractivity contribution in [3.05, 3.63) is 306 Å². The molecule has 8 aromatic carbocycles. The number of aryl methyl sites for hydroxylation is 2. The fourth-order valence-corrected chi connectivity index (χ4v) is 11.2. The Bertz CT molecular complexity index is 3860. The molecule has 383 valence electrons. The van der Waals surface area contributed by atoms with Gasteiger partial charge in [-0.2, -0.15) is 0 Å². The predicted octanol–water partition coefficient (Wildman–Crippen LogP) is 20.9. The zero-order valence-corrected chi connectivity index (χ0v) is 45.9. The van der Waals surface area contributed by atoms with Crippen molar-refractivity contribution in [3.8, 4) is 44.5 Å². The van der Waals surface area contributed by atoms with Crippen LogP contribution in [0.1, 0.15) is 89.1 Å². The highest BCUT2D eigenvalue weighted by molar-refractivity contribution is 5.95. The SMILES string of the molecule is C=Cc1c(/C=C\c2cc(-c3ccc(/C(=C/C)CC(=C)C(c4ccccc4)N(C)Cc4ccc(-c5ccccc5C5=CC=C[CH]5)c(C)c4)cc3)cc(-c3ccc(C4=CC=C4)c(-c4ccccc4C)c3)c2)oc2ccccc12.CC. The minimum Gasteiger partial charge on any atom is -0.456 e. The van der Waals surface area contributed by atoms with Gasteiger partial charge in [0.15, 0.2) is 0 Å². The summed E-state index contributed by atoms with van der Waals surface area (Å²) in [6, 6.07) is 66.3. The van der Waals surface area contributed by atoms with Crippen LogP contribution in [0.3, 0.4) is 0 Å². The summed E-state index contributed by atoms with van der Waals surface area (Å²) in [7, 11) is 2.23. The molecule has 1 aromatic heterocycles. The second kappa shape index (κ2) is 24.0. The molecule has 1 atom stereocenters. The number of rotatable bonds is 17. The second-order valence-corrected chi connectivity index (χ2v) is 20.1. The number of likely N-dealkylation sites (N-methyl/N-ethyl adjacent to an activating group) is 1. The van der Waals surface area contributed by atoms with Gasteiger partial charge in [-0.05, 0) is 176 Å². The van der Waals surface area contributed by atoms with Gasteiger partial charge in [-0.15, -0.1) is 0 Å². The summed E-state index contributed by atoms with van der Waals surface area (Å²) >= 11 is 0. The van der Waals surface area contributed by atoms with Crippen molar-refractivity contribution in [2.24, 2.45) is 0 Å². The molecule has 0 fully saturated rings. The van der Waals surface area contributed by atoms with Gasteiger partial charge in [0.05, 0.1) is 6.04 Å². The first-order valence-corrected chi connectivity index (χ1v) is 27.4. The van der Waals surface area contributed by atoms with E-state index >= 15 is 0 Å². The van der Waals surface area contributed by atoms with Gasteiger partial charge in [-0.25, -0.2) is 0 Å². The number of para-hydroxylation sites is 1. The van der Waals surface area contributed by atoms with E-state index in [2.05, 4.69) is 264 Å². The molecule has 9 aromatic rings. The number of hydrogen-bond acceptors (Lipinski definition) is 2. The summed E-state index contributed by atoms with van der Waals surface area (Å²) in [6.45, 7) is 20.3. The Hall–Kier alpha value is -8.82. The molecule has 2 aliphatic carbocycles. The molecular weight excluding hydrogens is 943 g/mol. The Kier molecular flexibility index (Phi) is 16.2. The van der Waals surface area contributed by atoms with Crippen molar-refractivity contribution in [2.45, 2.75) is 53.6 Å². The molecule has 1 radical (unpaired) electrons. The molecule has 1 unspecified atom stereocenters. The number of benzene rings is 8. The number of furan rings is 1.